The molecular formula is C15H20F2N2O3. The molecule has 22 heavy (non-hydrogen) atoms. The fourth-order valence-electron chi connectivity index (χ4n) is 2.37. The van der Waals surface area contributed by atoms with Gasteiger partial charge >= 0.3 is 6.61 Å². The van der Waals surface area contributed by atoms with Gasteiger partial charge in [0.15, 0.2) is 11.5 Å². The number of amides is 1. The van der Waals surface area contributed by atoms with Crippen LogP contribution < -0.4 is 20.5 Å². The van der Waals surface area contributed by atoms with Crippen molar-refractivity contribution in [2.75, 3.05) is 13.7 Å². The number of benzene rings is 1. The van der Waals surface area contributed by atoms with Crippen LogP contribution in [0.2, 0.25) is 0 Å². The smallest absolute Gasteiger partial charge is 0.387 e. The first-order valence-corrected chi connectivity index (χ1v) is 7.05. The molecule has 1 fully saturated rings. The summed E-state index contributed by atoms with van der Waals surface area (Å²) in [6.07, 6.45) is 2.08. The number of rotatable bonds is 7. The molecule has 1 unspecified atom stereocenters. The highest BCUT2D eigenvalue weighted by atomic mass is 19.3. The molecule has 0 radical (unpaired) electrons. The van der Waals surface area contributed by atoms with Crippen molar-refractivity contribution in [3.63, 3.8) is 0 Å². The van der Waals surface area contributed by atoms with Crippen LogP contribution in [-0.2, 0) is 0 Å². The SMILES string of the molecule is COc1cc(C(=O)NC(C)(CN)C2CC2)ccc1OC(F)F. The fraction of sp³-hybridized carbons (Fsp3) is 0.533. The number of alkyl halides is 2. The predicted molar refractivity (Wildman–Crippen MR) is 77.3 cm³/mol. The number of methoxy groups -OCH3 is 1. The Morgan fingerprint density at radius 1 is 1.45 bits per heavy atom. The Bertz CT molecular complexity index is 550. The number of halogens is 2. The van der Waals surface area contributed by atoms with Gasteiger partial charge in [0.2, 0.25) is 0 Å². The third-order valence-corrected chi connectivity index (χ3v) is 3.94. The van der Waals surface area contributed by atoms with Gasteiger partial charge in [0, 0.05) is 12.1 Å². The van der Waals surface area contributed by atoms with Gasteiger partial charge in [-0.1, -0.05) is 0 Å². The summed E-state index contributed by atoms with van der Waals surface area (Å²) < 4.78 is 33.9. The van der Waals surface area contributed by atoms with Crippen LogP contribution in [0, 0.1) is 5.92 Å². The highest BCUT2D eigenvalue weighted by Gasteiger charge is 2.41. The molecule has 1 aliphatic rings. The normalized spacial score (nSPS) is 17.0. The molecule has 1 atom stereocenters. The van der Waals surface area contributed by atoms with Crippen LogP contribution in [0.15, 0.2) is 18.2 Å². The molecule has 3 N–H and O–H groups in total. The highest BCUT2D eigenvalue weighted by Crippen LogP contribution is 2.39. The van der Waals surface area contributed by atoms with E-state index < -0.39 is 12.2 Å². The van der Waals surface area contributed by atoms with E-state index >= 15 is 0 Å². The maximum absolute atomic E-state index is 12.3. The van der Waals surface area contributed by atoms with Gasteiger partial charge in [-0.15, -0.1) is 0 Å². The minimum Gasteiger partial charge on any atom is -0.493 e. The molecule has 1 aromatic carbocycles. The van der Waals surface area contributed by atoms with E-state index in [4.69, 9.17) is 10.5 Å². The molecule has 0 saturated heterocycles. The van der Waals surface area contributed by atoms with Crippen LogP contribution in [0.5, 0.6) is 11.5 Å². The third-order valence-electron chi connectivity index (χ3n) is 3.94. The molecule has 5 nitrogen and oxygen atoms in total. The molecular weight excluding hydrogens is 294 g/mol. The average molecular weight is 314 g/mol. The molecule has 1 saturated carbocycles. The third kappa shape index (κ3) is 3.65. The Morgan fingerprint density at radius 3 is 2.64 bits per heavy atom. The highest BCUT2D eigenvalue weighted by molar-refractivity contribution is 5.95. The lowest BCUT2D eigenvalue weighted by molar-refractivity contribution is -0.0512. The first-order chi connectivity index (χ1) is 10.4. The minimum atomic E-state index is -2.95. The Balaban J connectivity index is 2.16. The van der Waals surface area contributed by atoms with E-state index in [-0.39, 0.29) is 17.4 Å². The van der Waals surface area contributed by atoms with Crippen LogP contribution in [0.4, 0.5) is 8.78 Å². The lowest BCUT2D eigenvalue weighted by atomic mass is 9.95. The van der Waals surface area contributed by atoms with Gasteiger partial charge in [-0.2, -0.15) is 8.78 Å². The first kappa shape index (κ1) is 16.5. The van der Waals surface area contributed by atoms with Crippen LogP contribution in [0.1, 0.15) is 30.1 Å². The van der Waals surface area contributed by atoms with Crippen molar-refractivity contribution in [2.24, 2.45) is 11.7 Å². The molecule has 7 heteroatoms. The zero-order chi connectivity index (χ0) is 16.3. The molecule has 122 valence electrons. The van der Waals surface area contributed by atoms with Crippen LogP contribution in [0.25, 0.3) is 0 Å². The fourth-order valence-corrected chi connectivity index (χ4v) is 2.37. The zero-order valence-corrected chi connectivity index (χ0v) is 12.6. The maximum Gasteiger partial charge on any atom is 0.387 e. The summed E-state index contributed by atoms with van der Waals surface area (Å²) in [5.74, 6) is 0.0261. The first-order valence-electron chi connectivity index (χ1n) is 7.05. The summed E-state index contributed by atoms with van der Waals surface area (Å²) in [7, 11) is 1.32. The van der Waals surface area contributed by atoms with Crippen molar-refractivity contribution in [1.29, 1.82) is 0 Å². The number of nitrogens with one attached hydrogen (secondary N) is 1. The second kappa shape index (κ2) is 6.48. The Morgan fingerprint density at radius 2 is 2.14 bits per heavy atom. The maximum atomic E-state index is 12.3. The summed E-state index contributed by atoms with van der Waals surface area (Å²) in [5, 5.41) is 2.92. The molecule has 1 aliphatic carbocycles. The van der Waals surface area contributed by atoms with E-state index in [1.807, 2.05) is 6.92 Å². The topological polar surface area (TPSA) is 73.6 Å². The number of carbonyl (C=O) groups excluding carboxylic acids is 1. The van der Waals surface area contributed by atoms with Crippen molar-refractivity contribution in [2.45, 2.75) is 31.9 Å². The Hall–Kier alpha value is -1.89. The van der Waals surface area contributed by atoms with E-state index in [0.717, 1.165) is 12.8 Å². The van der Waals surface area contributed by atoms with E-state index in [1.165, 1.54) is 25.3 Å². The van der Waals surface area contributed by atoms with Crippen LogP contribution in [-0.4, -0.2) is 31.7 Å². The Labute approximate surface area is 127 Å². The second-order valence-electron chi connectivity index (χ2n) is 5.59. The van der Waals surface area contributed by atoms with Crippen molar-refractivity contribution in [1.82, 2.24) is 5.32 Å². The average Bonchev–Trinajstić information content (AvgIpc) is 3.31. The quantitative estimate of drug-likeness (QED) is 0.809. The van der Waals surface area contributed by atoms with Gasteiger partial charge in [-0.25, -0.2) is 0 Å². The molecule has 0 aliphatic heterocycles. The molecule has 0 bridgehead atoms. The Kier molecular flexibility index (Phi) is 4.85. The van der Waals surface area contributed by atoms with Crippen molar-refractivity contribution >= 4 is 5.91 Å². The van der Waals surface area contributed by atoms with Gasteiger partial charge in [0.05, 0.1) is 12.6 Å². The predicted octanol–water partition coefficient (Wildman–Crippen LogP) is 2.15. The number of carbonyl (C=O) groups is 1. The summed E-state index contributed by atoms with van der Waals surface area (Å²) >= 11 is 0. The van der Waals surface area contributed by atoms with Gasteiger partial charge in [-0.05, 0) is 43.9 Å². The van der Waals surface area contributed by atoms with Crippen molar-refractivity contribution < 1.29 is 23.0 Å². The number of hydrogen-bond acceptors (Lipinski definition) is 4. The minimum absolute atomic E-state index is 0.0776. The monoisotopic (exact) mass is 314 g/mol. The van der Waals surface area contributed by atoms with E-state index in [9.17, 15) is 13.6 Å². The van der Waals surface area contributed by atoms with E-state index in [0.29, 0.717) is 18.0 Å². The lowest BCUT2D eigenvalue weighted by Crippen LogP contribution is -2.53. The summed E-state index contributed by atoms with van der Waals surface area (Å²) in [6.45, 7) is -0.703. The molecule has 1 amide bonds. The molecule has 0 spiro atoms. The summed E-state index contributed by atoms with van der Waals surface area (Å²) in [4.78, 5) is 12.3. The second-order valence-corrected chi connectivity index (χ2v) is 5.59. The van der Waals surface area contributed by atoms with Crippen LogP contribution >= 0.6 is 0 Å². The van der Waals surface area contributed by atoms with Gasteiger partial charge in [0.1, 0.15) is 0 Å². The zero-order valence-electron chi connectivity index (χ0n) is 12.6. The van der Waals surface area contributed by atoms with Gasteiger partial charge < -0.3 is 20.5 Å². The van der Waals surface area contributed by atoms with Crippen molar-refractivity contribution in [3.05, 3.63) is 23.8 Å². The number of hydrogen-bond donors (Lipinski definition) is 2. The lowest BCUT2D eigenvalue weighted by Gasteiger charge is -2.29. The van der Waals surface area contributed by atoms with Crippen molar-refractivity contribution in [3.8, 4) is 11.5 Å². The standard InChI is InChI=1S/C15H20F2N2O3/c1-15(8-18,10-4-5-10)19-13(20)9-3-6-11(22-14(16)17)12(7-9)21-2/h3,6-7,10,14H,4-5,8,18H2,1-2H3,(H,19,20). The van der Waals surface area contributed by atoms with E-state index in [1.54, 1.807) is 0 Å². The summed E-state index contributed by atoms with van der Waals surface area (Å²) in [5.41, 5.74) is 5.62. The number of ether oxygens (including phenoxy) is 2. The molecule has 1 aromatic rings. The van der Waals surface area contributed by atoms with Crippen LogP contribution in [0.3, 0.4) is 0 Å². The summed E-state index contributed by atoms with van der Waals surface area (Å²) in [6, 6.07) is 4.08. The van der Waals surface area contributed by atoms with E-state index in [2.05, 4.69) is 10.1 Å². The molecule has 2 rings (SSSR count). The van der Waals surface area contributed by atoms with Gasteiger partial charge in [0.25, 0.3) is 5.91 Å². The number of nitrogens with two attached hydrogens (primary N) is 1. The van der Waals surface area contributed by atoms with Gasteiger partial charge in [-0.3, -0.25) is 4.79 Å². The molecule has 0 heterocycles. The largest absolute Gasteiger partial charge is 0.493 e. The molecule has 0 aromatic heterocycles.